The molecular formula is C18H21N3O4. The van der Waals surface area contributed by atoms with E-state index >= 15 is 0 Å². The van der Waals surface area contributed by atoms with Crippen molar-refractivity contribution in [3.8, 4) is 5.75 Å². The zero-order chi connectivity index (χ0) is 18.2. The Hall–Kier alpha value is -2.93. The molecule has 7 heteroatoms. The Morgan fingerprint density at radius 2 is 1.84 bits per heavy atom. The van der Waals surface area contributed by atoms with E-state index in [-0.39, 0.29) is 17.3 Å². The molecule has 0 aromatic heterocycles. The van der Waals surface area contributed by atoms with Crippen LogP contribution in [0, 0.1) is 10.1 Å². The average Bonchev–Trinajstić information content (AvgIpc) is 2.62. The summed E-state index contributed by atoms with van der Waals surface area (Å²) in [6.07, 6.45) is 0. The highest BCUT2D eigenvalue weighted by Crippen LogP contribution is 2.23. The summed E-state index contributed by atoms with van der Waals surface area (Å²) >= 11 is 0. The van der Waals surface area contributed by atoms with Crippen LogP contribution in [0.2, 0.25) is 0 Å². The number of hydrogen-bond donors (Lipinski definition) is 1. The Bertz CT molecular complexity index is 721. The standard InChI is InChI=1S/C18H21N3O4/c1-14(20(2)12-13-25-15-8-4-3-5-9-15)18(22)19-16-10-6-7-11-17(16)21(23)24/h3-11,14H,12-13H2,1-2H3,(H,19,22)/t14-/m1/s1. The van der Waals surface area contributed by atoms with Gasteiger partial charge in [0, 0.05) is 12.6 Å². The Labute approximate surface area is 146 Å². The molecule has 0 saturated carbocycles. The van der Waals surface area contributed by atoms with E-state index in [9.17, 15) is 14.9 Å². The van der Waals surface area contributed by atoms with Crippen LogP contribution in [0.3, 0.4) is 0 Å². The van der Waals surface area contributed by atoms with Gasteiger partial charge in [0.2, 0.25) is 5.91 Å². The van der Waals surface area contributed by atoms with E-state index in [2.05, 4.69) is 5.32 Å². The summed E-state index contributed by atoms with van der Waals surface area (Å²) in [4.78, 5) is 24.7. The second-order valence-electron chi connectivity index (χ2n) is 5.58. The third-order valence-corrected chi connectivity index (χ3v) is 3.86. The first-order valence-electron chi connectivity index (χ1n) is 7.91. The molecule has 1 amide bonds. The Morgan fingerprint density at radius 3 is 2.52 bits per heavy atom. The first kappa shape index (κ1) is 18.4. The quantitative estimate of drug-likeness (QED) is 0.588. The summed E-state index contributed by atoms with van der Waals surface area (Å²) in [7, 11) is 1.80. The number of hydrogen-bond acceptors (Lipinski definition) is 5. The van der Waals surface area contributed by atoms with Gasteiger partial charge < -0.3 is 10.1 Å². The molecule has 25 heavy (non-hydrogen) atoms. The number of nitrogens with one attached hydrogen (secondary N) is 1. The van der Waals surface area contributed by atoms with Crippen molar-refractivity contribution in [3.05, 3.63) is 64.7 Å². The predicted octanol–water partition coefficient (Wildman–Crippen LogP) is 2.93. The molecule has 1 N–H and O–H groups in total. The van der Waals surface area contributed by atoms with E-state index in [0.717, 1.165) is 5.75 Å². The van der Waals surface area contributed by atoms with Crippen LogP contribution in [0.1, 0.15) is 6.92 Å². The molecule has 0 aliphatic heterocycles. The number of rotatable bonds is 8. The number of ether oxygens (including phenoxy) is 1. The Morgan fingerprint density at radius 1 is 1.20 bits per heavy atom. The normalized spacial score (nSPS) is 11.8. The zero-order valence-electron chi connectivity index (χ0n) is 14.2. The molecule has 0 bridgehead atoms. The van der Waals surface area contributed by atoms with Gasteiger partial charge in [-0.3, -0.25) is 19.8 Å². The molecule has 0 heterocycles. The molecule has 0 aliphatic rings. The van der Waals surface area contributed by atoms with E-state index in [1.54, 1.807) is 26.1 Å². The fourth-order valence-corrected chi connectivity index (χ4v) is 2.19. The van der Waals surface area contributed by atoms with Gasteiger partial charge in [-0.2, -0.15) is 0 Å². The SMILES string of the molecule is C[C@H](C(=O)Nc1ccccc1[N+](=O)[O-])N(C)CCOc1ccccc1. The minimum atomic E-state index is -0.516. The van der Waals surface area contributed by atoms with Crippen molar-refractivity contribution in [2.24, 2.45) is 0 Å². The summed E-state index contributed by atoms with van der Waals surface area (Å²) in [6.45, 7) is 2.72. The number of carbonyl (C=O) groups is 1. The third kappa shape index (κ3) is 5.29. The first-order chi connectivity index (χ1) is 12.0. The van der Waals surface area contributed by atoms with Crippen LogP contribution < -0.4 is 10.1 Å². The lowest BCUT2D eigenvalue weighted by Crippen LogP contribution is -2.41. The zero-order valence-corrected chi connectivity index (χ0v) is 14.2. The monoisotopic (exact) mass is 343 g/mol. The molecular weight excluding hydrogens is 322 g/mol. The van der Waals surface area contributed by atoms with Gasteiger partial charge in [-0.05, 0) is 32.2 Å². The van der Waals surface area contributed by atoms with Crippen molar-refractivity contribution in [1.29, 1.82) is 0 Å². The Balaban J connectivity index is 1.87. The molecule has 1 atom stereocenters. The van der Waals surface area contributed by atoms with Gasteiger partial charge >= 0.3 is 0 Å². The first-order valence-corrected chi connectivity index (χ1v) is 7.91. The van der Waals surface area contributed by atoms with Crippen molar-refractivity contribution in [1.82, 2.24) is 4.90 Å². The number of nitrogens with zero attached hydrogens (tertiary/aromatic N) is 2. The lowest BCUT2D eigenvalue weighted by Gasteiger charge is -2.23. The number of amides is 1. The second kappa shape index (κ2) is 8.79. The molecule has 0 aliphatic carbocycles. The highest BCUT2D eigenvalue weighted by atomic mass is 16.6. The second-order valence-corrected chi connectivity index (χ2v) is 5.58. The van der Waals surface area contributed by atoms with Crippen LogP contribution in [0.25, 0.3) is 0 Å². The highest BCUT2D eigenvalue weighted by Gasteiger charge is 2.21. The molecule has 2 rings (SSSR count). The molecule has 0 unspecified atom stereocenters. The number of anilines is 1. The molecule has 132 valence electrons. The fraction of sp³-hybridized carbons (Fsp3) is 0.278. The minimum Gasteiger partial charge on any atom is -0.492 e. The molecule has 0 spiro atoms. The Kier molecular flexibility index (Phi) is 6.47. The molecule has 2 aromatic carbocycles. The summed E-state index contributed by atoms with van der Waals surface area (Å²) < 4.78 is 5.61. The van der Waals surface area contributed by atoms with Gasteiger partial charge in [-0.1, -0.05) is 30.3 Å². The molecule has 2 aromatic rings. The summed E-state index contributed by atoms with van der Waals surface area (Å²) in [5.74, 6) is 0.462. The van der Waals surface area contributed by atoms with E-state index in [4.69, 9.17) is 4.74 Å². The number of carbonyl (C=O) groups excluding carboxylic acids is 1. The number of nitro groups is 1. The number of likely N-dealkylation sites (N-methyl/N-ethyl adjacent to an activating group) is 1. The number of para-hydroxylation sites is 3. The lowest BCUT2D eigenvalue weighted by atomic mass is 10.2. The predicted molar refractivity (Wildman–Crippen MR) is 95.8 cm³/mol. The molecule has 7 nitrogen and oxygen atoms in total. The van der Waals surface area contributed by atoms with Crippen molar-refractivity contribution in [2.45, 2.75) is 13.0 Å². The third-order valence-electron chi connectivity index (χ3n) is 3.86. The van der Waals surface area contributed by atoms with Gasteiger partial charge in [0.1, 0.15) is 18.0 Å². The van der Waals surface area contributed by atoms with Gasteiger partial charge in [0.25, 0.3) is 5.69 Å². The maximum Gasteiger partial charge on any atom is 0.292 e. The van der Waals surface area contributed by atoms with Crippen LogP contribution in [-0.2, 0) is 4.79 Å². The van der Waals surface area contributed by atoms with E-state index in [1.165, 1.54) is 12.1 Å². The maximum absolute atomic E-state index is 12.3. The number of nitro benzene ring substituents is 1. The maximum atomic E-state index is 12.3. The van der Waals surface area contributed by atoms with Crippen LogP contribution in [-0.4, -0.2) is 42.0 Å². The summed E-state index contributed by atoms with van der Waals surface area (Å²) in [6, 6.07) is 15.0. The number of benzene rings is 2. The largest absolute Gasteiger partial charge is 0.492 e. The van der Waals surface area contributed by atoms with E-state index in [1.807, 2.05) is 35.2 Å². The van der Waals surface area contributed by atoms with Gasteiger partial charge in [-0.25, -0.2) is 0 Å². The van der Waals surface area contributed by atoms with Gasteiger partial charge in [-0.15, -0.1) is 0 Å². The van der Waals surface area contributed by atoms with Crippen LogP contribution in [0.4, 0.5) is 11.4 Å². The van der Waals surface area contributed by atoms with E-state index in [0.29, 0.717) is 13.2 Å². The summed E-state index contributed by atoms with van der Waals surface area (Å²) in [5, 5.41) is 13.6. The highest BCUT2D eigenvalue weighted by molar-refractivity contribution is 5.96. The topological polar surface area (TPSA) is 84.7 Å². The summed E-state index contributed by atoms with van der Waals surface area (Å²) in [5.41, 5.74) is 0.0661. The van der Waals surface area contributed by atoms with Crippen molar-refractivity contribution < 1.29 is 14.5 Å². The van der Waals surface area contributed by atoms with Crippen molar-refractivity contribution in [3.63, 3.8) is 0 Å². The fourth-order valence-electron chi connectivity index (χ4n) is 2.19. The van der Waals surface area contributed by atoms with Crippen molar-refractivity contribution in [2.75, 3.05) is 25.5 Å². The molecule has 0 fully saturated rings. The average molecular weight is 343 g/mol. The van der Waals surface area contributed by atoms with Crippen LogP contribution in [0.15, 0.2) is 54.6 Å². The van der Waals surface area contributed by atoms with Crippen LogP contribution >= 0.6 is 0 Å². The molecule has 0 saturated heterocycles. The molecule has 0 radical (unpaired) electrons. The lowest BCUT2D eigenvalue weighted by molar-refractivity contribution is -0.383. The van der Waals surface area contributed by atoms with Crippen LogP contribution in [0.5, 0.6) is 5.75 Å². The van der Waals surface area contributed by atoms with E-state index < -0.39 is 11.0 Å². The van der Waals surface area contributed by atoms with Gasteiger partial charge in [0.15, 0.2) is 0 Å². The smallest absolute Gasteiger partial charge is 0.292 e. The van der Waals surface area contributed by atoms with Crippen molar-refractivity contribution >= 4 is 17.3 Å². The minimum absolute atomic E-state index is 0.127. The van der Waals surface area contributed by atoms with Gasteiger partial charge in [0.05, 0.1) is 11.0 Å².